The second-order valence-corrected chi connectivity index (χ2v) is 9.95. The number of nitrogens with zero attached hydrogens (tertiary/aromatic N) is 1. The molecule has 0 bridgehead atoms. The van der Waals surface area contributed by atoms with E-state index in [2.05, 4.69) is 28.3 Å². The van der Waals surface area contributed by atoms with Crippen LogP contribution in [0.15, 0.2) is 27.5 Å². The zero-order chi connectivity index (χ0) is 18.8. The lowest BCUT2D eigenvalue weighted by atomic mass is 9.89. The van der Waals surface area contributed by atoms with Gasteiger partial charge in [0.1, 0.15) is 4.83 Å². The fraction of sp³-hybridized carbons (Fsp3) is 0.421. The van der Waals surface area contributed by atoms with Gasteiger partial charge in [0.15, 0.2) is 5.16 Å². The van der Waals surface area contributed by atoms with Gasteiger partial charge in [0.2, 0.25) is 5.91 Å². The number of aromatic amines is 1. The van der Waals surface area contributed by atoms with E-state index in [4.69, 9.17) is 0 Å². The number of rotatable bonds is 6. The standard InChI is InChI=1S/C19H21N3O2S3/c1-11-4-5-13-14(9-11)27-18-16(13)17(24)21-19(22-18)26-10-15(23)20-7-6-12-3-2-8-25-12/h2-3,8,11H,4-7,9-10H2,1H3,(H,20,23)(H,21,22,24)/t11-/m0/s1. The van der Waals surface area contributed by atoms with Gasteiger partial charge in [0, 0.05) is 16.3 Å². The van der Waals surface area contributed by atoms with Gasteiger partial charge < -0.3 is 10.3 Å². The fourth-order valence-electron chi connectivity index (χ4n) is 3.36. The molecule has 0 fully saturated rings. The maximum Gasteiger partial charge on any atom is 0.260 e. The van der Waals surface area contributed by atoms with Gasteiger partial charge in [-0.3, -0.25) is 9.59 Å². The molecule has 0 spiro atoms. The lowest BCUT2D eigenvalue weighted by Crippen LogP contribution is -2.27. The highest BCUT2D eigenvalue weighted by atomic mass is 32.2. The van der Waals surface area contributed by atoms with E-state index in [1.807, 2.05) is 11.4 Å². The zero-order valence-corrected chi connectivity index (χ0v) is 17.5. The monoisotopic (exact) mass is 419 g/mol. The van der Waals surface area contributed by atoms with E-state index in [9.17, 15) is 9.59 Å². The molecule has 8 heteroatoms. The van der Waals surface area contributed by atoms with Crippen LogP contribution < -0.4 is 10.9 Å². The van der Waals surface area contributed by atoms with Crippen molar-refractivity contribution in [2.75, 3.05) is 12.3 Å². The number of thioether (sulfide) groups is 1. The number of amides is 1. The van der Waals surface area contributed by atoms with Crippen molar-refractivity contribution in [3.05, 3.63) is 43.2 Å². The zero-order valence-electron chi connectivity index (χ0n) is 15.0. The highest BCUT2D eigenvalue weighted by Gasteiger charge is 2.23. The Morgan fingerprint density at radius 2 is 2.37 bits per heavy atom. The molecule has 3 aromatic heterocycles. The summed E-state index contributed by atoms with van der Waals surface area (Å²) in [6.07, 6.45) is 3.96. The van der Waals surface area contributed by atoms with Crippen LogP contribution in [0.25, 0.3) is 10.2 Å². The molecule has 142 valence electrons. The van der Waals surface area contributed by atoms with Crippen molar-refractivity contribution >= 4 is 50.6 Å². The summed E-state index contributed by atoms with van der Waals surface area (Å²) in [5, 5.41) is 6.23. The molecule has 0 aliphatic heterocycles. The second-order valence-electron chi connectivity index (χ2n) is 6.87. The van der Waals surface area contributed by atoms with Crippen LogP contribution in [0.5, 0.6) is 0 Å². The average Bonchev–Trinajstić information content (AvgIpc) is 3.26. The summed E-state index contributed by atoms with van der Waals surface area (Å²) in [6, 6.07) is 4.08. The maximum absolute atomic E-state index is 12.6. The van der Waals surface area contributed by atoms with E-state index in [1.165, 1.54) is 27.1 Å². The molecule has 4 rings (SSSR count). The number of thiophene rings is 2. The molecule has 0 aromatic carbocycles. The Labute approximate surface area is 169 Å². The van der Waals surface area contributed by atoms with Crippen LogP contribution in [-0.2, 0) is 24.1 Å². The number of nitrogens with one attached hydrogen (secondary N) is 2. The van der Waals surface area contributed by atoms with E-state index >= 15 is 0 Å². The molecule has 0 unspecified atom stereocenters. The van der Waals surface area contributed by atoms with E-state index in [-0.39, 0.29) is 17.2 Å². The molecule has 0 saturated carbocycles. The van der Waals surface area contributed by atoms with Gasteiger partial charge in [-0.25, -0.2) is 4.98 Å². The van der Waals surface area contributed by atoms with Crippen LogP contribution in [0.1, 0.15) is 28.7 Å². The fourth-order valence-corrected chi connectivity index (χ4v) is 6.20. The highest BCUT2D eigenvalue weighted by Crippen LogP contribution is 2.36. The minimum atomic E-state index is -0.0762. The molecule has 3 heterocycles. The van der Waals surface area contributed by atoms with Crippen molar-refractivity contribution in [2.45, 2.75) is 37.8 Å². The summed E-state index contributed by atoms with van der Waals surface area (Å²) in [4.78, 5) is 35.4. The summed E-state index contributed by atoms with van der Waals surface area (Å²) in [5.41, 5.74) is 1.11. The van der Waals surface area contributed by atoms with Crippen molar-refractivity contribution in [3.8, 4) is 0 Å². The Bertz CT molecular complexity index is 1010. The third kappa shape index (κ3) is 4.28. The molecule has 2 N–H and O–H groups in total. The summed E-state index contributed by atoms with van der Waals surface area (Å²) in [5.74, 6) is 0.871. The number of fused-ring (bicyclic) bond motifs is 3. The summed E-state index contributed by atoms with van der Waals surface area (Å²) in [7, 11) is 0. The topological polar surface area (TPSA) is 74.8 Å². The molecule has 1 aliphatic rings. The summed E-state index contributed by atoms with van der Waals surface area (Å²) >= 11 is 4.61. The third-order valence-electron chi connectivity index (χ3n) is 4.76. The molecule has 27 heavy (non-hydrogen) atoms. The van der Waals surface area contributed by atoms with Crippen molar-refractivity contribution in [2.24, 2.45) is 5.92 Å². The van der Waals surface area contributed by atoms with Gasteiger partial charge in [-0.1, -0.05) is 24.8 Å². The number of hydrogen-bond donors (Lipinski definition) is 2. The van der Waals surface area contributed by atoms with Crippen LogP contribution in [0, 0.1) is 5.92 Å². The van der Waals surface area contributed by atoms with Gasteiger partial charge in [0.05, 0.1) is 11.1 Å². The number of hydrogen-bond acceptors (Lipinski definition) is 6. The average molecular weight is 420 g/mol. The van der Waals surface area contributed by atoms with Crippen LogP contribution in [0.3, 0.4) is 0 Å². The molecule has 0 radical (unpaired) electrons. The smallest absolute Gasteiger partial charge is 0.260 e. The number of H-pyrrole nitrogens is 1. The third-order valence-corrected chi connectivity index (χ3v) is 7.72. The molecule has 1 atom stereocenters. The quantitative estimate of drug-likeness (QED) is 0.473. The van der Waals surface area contributed by atoms with Crippen LogP contribution >= 0.6 is 34.4 Å². The molecular formula is C19H21N3O2S3. The first-order chi connectivity index (χ1) is 13.1. The van der Waals surface area contributed by atoms with Gasteiger partial charge in [-0.2, -0.15) is 0 Å². The van der Waals surface area contributed by atoms with Crippen LogP contribution in [-0.4, -0.2) is 28.2 Å². The molecule has 0 saturated heterocycles. The van der Waals surface area contributed by atoms with Crippen molar-refractivity contribution in [1.82, 2.24) is 15.3 Å². The first-order valence-corrected chi connectivity index (χ1v) is 11.7. The largest absolute Gasteiger partial charge is 0.355 e. The van der Waals surface area contributed by atoms with Gasteiger partial charge in [-0.05, 0) is 48.6 Å². The predicted octanol–water partition coefficient (Wildman–Crippen LogP) is 3.62. The number of aromatic nitrogens is 2. The Balaban J connectivity index is 1.39. The lowest BCUT2D eigenvalue weighted by molar-refractivity contribution is -0.118. The number of carbonyl (C=O) groups is 1. The van der Waals surface area contributed by atoms with Crippen molar-refractivity contribution < 1.29 is 4.79 Å². The summed E-state index contributed by atoms with van der Waals surface area (Å²) in [6.45, 7) is 2.88. The van der Waals surface area contributed by atoms with Crippen molar-refractivity contribution in [3.63, 3.8) is 0 Å². The molecule has 1 amide bonds. The van der Waals surface area contributed by atoms with Crippen LogP contribution in [0.4, 0.5) is 0 Å². The lowest BCUT2D eigenvalue weighted by Gasteiger charge is -2.17. The SMILES string of the molecule is C[C@H]1CCc2c(sc3nc(SCC(=O)NCCc4cccs4)[nH]c(=O)c23)C1. The Kier molecular flexibility index (Phi) is 5.66. The summed E-state index contributed by atoms with van der Waals surface area (Å²) < 4.78 is 0. The van der Waals surface area contributed by atoms with Gasteiger partial charge in [-0.15, -0.1) is 22.7 Å². The van der Waals surface area contributed by atoms with E-state index in [1.54, 1.807) is 22.7 Å². The maximum atomic E-state index is 12.6. The molecule has 1 aliphatic carbocycles. The Morgan fingerprint density at radius 3 is 3.19 bits per heavy atom. The van der Waals surface area contributed by atoms with Gasteiger partial charge >= 0.3 is 0 Å². The van der Waals surface area contributed by atoms with Gasteiger partial charge in [0.25, 0.3) is 5.56 Å². The molecular weight excluding hydrogens is 398 g/mol. The number of carbonyl (C=O) groups excluding carboxylic acids is 1. The van der Waals surface area contributed by atoms with E-state index in [0.29, 0.717) is 17.6 Å². The molecule has 3 aromatic rings. The first kappa shape index (κ1) is 18.7. The van der Waals surface area contributed by atoms with E-state index in [0.717, 1.165) is 35.9 Å². The first-order valence-electron chi connectivity index (χ1n) is 9.06. The minimum Gasteiger partial charge on any atom is -0.355 e. The highest BCUT2D eigenvalue weighted by molar-refractivity contribution is 7.99. The normalized spacial score (nSPS) is 16.4. The second kappa shape index (κ2) is 8.16. The Hall–Kier alpha value is -1.64. The van der Waals surface area contributed by atoms with Crippen LogP contribution in [0.2, 0.25) is 0 Å². The predicted molar refractivity (Wildman–Crippen MR) is 113 cm³/mol. The van der Waals surface area contributed by atoms with Crippen molar-refractivity contribution in [1.29, 1.82) is 0 Å². The Morgan fingerprint density at radius 1 is 1.48 bits per heavy atom. The van der Waals surface area contributed by atoms with E-state index < -0.39 is 0 Å². The minimum absolute atomic E-state index is 0.0430. The molecule has 5 nitrogen and oxygen atoms in total. The number of aryl methyl sites for hydroxylation is 1.